The number of anilines is 1. The minimum absolute atomic E-state index is 0.0459. The topological polar surface area (TPSA) is 75.3 Å². The standard InChI is InChI=1S/C16H12F2N2O3S/c1-19-16(21)15-14(20-12-7-6-9(17)8-11(12)18)10-4-2-3-5-13(10)24(15,22)23/h2-8,20H,1H3,(H,19,21). The second-order valence-corrected chi connectivity index (χ2v) is 6.89. The average Bonchev–Trinajstić information content (AvgIpc) is 2.77. The summed E-state index contributed by atoms with van der Waals surface area (Å²) in [4.78, 5) is 11.5. The zero-order chi connectivity index (χ0) is 17.5. The van der Waals surface area contributed by atoms with Crippen molar-refractivity contribution < 1.29 is 22.0 Å². The Morgan fingerprint density at radius 2 is 1.79 bits per heavy atom. The smallest absolute Gasteiger partial charge is 0.265 e. The summed E-state index contributed by atoms with van der Waals surface area (Å²) in [5.74, 6) is -2.49. The maximum atomic E-state index is 13.9. The van der Waals surface area contributed by atoms with E-state index in [-0.39, 0.29) is 21.8 Å². The highest BCUT2D eigenvalue weighted by molar-refractivity contribution is 7.97. The van der Waals surface area contributed by atoms with Crippen molar-refractivity contribution in [3.8, 4) is 0 Å². The Morgan fingerprint density at radius 3 is 2.46 bits per heavy atom. The summed E-state index contributed by atoms with van der Waals surface area (Å²) < 4.78 is 52.2. The molecule has 1 aliphatic heterocycles. The Morgan fingerprint density at radius 1 is 1.08 bits per heavy atom. The Labute approximate surface area is 136 Å². The number of hydrogen-bond donors (Lipinski definition) is 2. The monoisotopic (exact) mass is 350 g/mol. The van der Waals surface area contributed by atoms with Crippen LogP contribution in [0.4, 0.5) is 14.5 Å². The van der Waals surface area contributed by atoms with Gasteiger partial charge in [-0.25, -0.2) is 17.2 Å². The molecule has 0 atom stereocenters. The maximum Gasteiger partial charge on any atom is 0.265 e. The molecule has 2 aromatic rings. The summed E-state index contributed by atoms with van der Waals surface area (Å²) in [7, 11) is -2.74. The zero-order valence-corrected chi connectivity index (χ0v) is 13.2. The number of amides is 1. The molecule has 0 bridgehead atoms. The van der Waals surface area contributed by atoms with Gasteiger partial charge in [0, 0.05) is 18.7 Å². The van der Waals surface area contributed by atoms with Crippen molar-refractivity contribution in [2.24, 2.45) is 0 Å². The first-order valence-corrected chi connectivity index (χ1v) is 8.37. The number of nitrogens with one attached hydrogen (secondary N) is 2. The van der Waals surface area contributed by atoms with E-state index in [0.29, 0.717) is 6.07 Å². The summed E-state index contributed by atoms with van der Waals surface area (Å²) in [5, 5.41) is 4.88. The Kier molecular flexibility index (Phi) is 3.84. The third-order valence-electron chi connectivity index (χ3n) is 3.57. The van der Waals surface area contributed by atoms with E-state index >= 15 is 0 Å². The molecule has 0 spiro atoms. The number of hydrogen-bond acceptors (Lipinski definition) is 4. The van der Waals surface area contributed by atoms with Gasteiger partial charge in [0.05, 0.1) is 16.3 Å². The van der Waals surface area contributed by atoms with Crippen LogP contribution >= 0.6 is 0 Å². The van der Waals surface area contributed by atoms with Gasteiger partial charge in [0.2, 0.25) is 9.84 Å². The van der Waals surface area contributed by atoms with E-state index < -0.39 is 32.3 Å². The minimum Gasteiger partial charge on any atom is -0.354 e. The van der Waals surface area contributed by atoms with E-state index in [1.54, 1.807) is 6.07 Å². The first-order valence-electron chi connectivity index (χ1n) is 6.89. The summed E-state index contributed by atoms with van der Waals surface area (Å²) >= 11 is 0. The Hall–Kier alpha value is -2.74. The number of benzene rings is 2. The first-order chi connectivity index (χ1) is 11.4. The van der Waals surface area contributed by atoms with E-state index in [0.717, 1.165) is 12.1 Å². The van der Waals surface area contributed by atoms with Gasteiger partial charge in [-0.1, -0.05) is 18.2 Å². The number of carbonyl (C=O) groups excluding carboxylic acids is 1. The molecular weight excluding hydrogens is 338 g/mol. The van der Waals surface area contributed by atoms with Gasteiger partial charge in [0.1, 0.15) is 11.6 Å². The number of carbonyl (C=O) groups is 1. The van der Waals surface area contributed by atoms with Gasteiger partial charge in [-0.15, -0.1) is 0 Å². The van der Waals surface area contributed by atoms with Crippen LogP contribution in [0.15, 0.2) is 52.3 Å². The molecule has 1 amide bonds. The molecule has 0 radical (unpaired) electrons. The molecule has 1 heterocycles. The third-order valence-corrected chi connectivity index (χ3v) is 5.43. The molecular formula is C16H12F2N2O3S. The molecule has 0 fully saturated rings. The molecule has 124 valence electrons. The largest absolute Gasteiger partial charge is 0.354 e. The average molecular weight is 350 g/mol. The summed E-state index contributed by atoms with van der Waals surface area (Å²) in [6.07, 6.45) is 0. The van der Waals surface area contributed by atoms with Crippen molar-refractivity contribution in [1.29, 1.82) is 0 Å². The van der Waals surface area contributed by atoms with E-state index in [2.05, 4.69) is 10.6 Å². The number of likely N-dealkylation sites (N-methyl/N-ethyl adjacent to an activating group) is 1. The van der Waals surface area contributed by atoms with Gasteiger partial charge in [-0.2, -0.15) is 0 Å². The molecule has 8 heteroatoms. The lowest BCUT2D eigenvalue weighted by molar-refractivity contribution is -0.116. The zero-order valence-electron chi connectivity index (χ0n) is 12.4. The number of fused-ring (bicyclic) bond motifs is 1. The van der Waals surface area contributed by atoms with E-state index in [1.807, 2.05) is 0 Å². The van der Waals surface area contributed by atoms with Crippen LogP contribution in [0.25, 0.3) is 5.70 Å². The number of sulfone groups is 1. The van der Waals surface area contributed by atoms with Crippen LogP contribution < -0.4 is 10.6 Å². The summed E-state index contributed by atoms with van der Waals surface area (Å²) in [5.41, 5.74) is 0.0648. The predicted octanol–water partition coefficient (Wildman–Crippen LogP) is 2.28. The first kappa shape index (κ1) is 16.1. The van der Waals surface area contributed by atoms with Gasteiger partial charge in [0.25, 0.3) is 5.91 Å². The molecule has 2 aromatic carbocycles. The number of halogens is 2. The van der Waals surface area contributed by atoms with Gasteiger partial charge in [0.15, 0.2) is 4.91 Å². The molecule has 3 rings (SSSR count). The SMILES string of the molecule is CNC(=O)C1=C(Nc2ccc(F)cc2F)c2ccccc2S1(=O)=O. The molecule has 0 aromatic heterocycles. The molecule has 0 unspecified atom stereocenters. The Balaban J connectivity index is 2.22. The van der Waals surface area contributed by atoms with Crippen molar-refractivity contribution in [3.05, 3.63) is 64.6 Å². The van der Waals surface area contributed by atoms with Crippen LogP contribution in [0.3, 0.4) is 0 Å². The molecule has 2 N–H and O–H groups in total. The highest BCUT2D eigenvalue weighted by Gasteiger charge is 2.39. The molecule has 1 aliphatic rings. The van der Waals surface area contributed by atoms with Crippen LogP contribution in [0.5, 0.6) is 0 Å². The lowest BCUT2D eigenvalue weighted by atomic mass is 10.1. The van der Waals surface area contributed by atoms with Crippen molar-refractivity contribution in [3.63, 3.8) is 0 Å². The number of rotatable bonds is 3. The van der Waals surface area contributed by atoms with Gasteiger partial charge >= 0.3 is 0 Å². The third kappa shape index (κ3) is 2.44. The predicted molar refractivity (Wildman–Crippen MR) is 84.6 cm³/mol. The minimum atomic E-state index is -4.04. The van der Waals surface area contributed by atoms with Crippen LogP contribution in [-0.4, -0.2) is 21.4 Å². The van der Waals surface area contributed by atoms with Crippen LogP contribution in [-0.2, 0) is 14.6 Å². The molecule has 24 heavy (non-hydrogen) atoms. The van der Waals surface area contributed by atoms with Crippen molar-refractivity contribution >= 4 is 27.1 Å². The second-order valence-electron chi connectivity index (χ2n) is 5.03. The second kappa shape index (κ2) is 5.72. The molecule has 0 aliphatic carbocycles. The molecule has 0 saturated heterocycles. The van der Waals surface area contributed by atoms with E-state index in [4.69, 9.17) is 0 Å². The maximum absolute atomic E-state index is 13.9. The molecule has 5 nitrogen and oxygen atoms in total. The van der Waals surface area contributed by atoms with Crippen LogP contribution in [0.2, 0.25) is 0 Å². The normalized spacial score (nSPS) is 15.1. The lowest BCUT2D eigenvalue weighted by Crippen LogP contribution is -2.24. The lowest BCUT2D eigenvalue weighted by Gasteiger charge is -2.11. The van der Waals surface area contributed by atoms with Crippen LogP contribution in [0.1, 0.15) is 5.56 Å². The van der Waals surface area contributed by atoms with Crippen molar-refractivity contribution in [1.82, 2.24) is 5.32 Å². The highest BCUT2D eigenvalue weighted by atomic mass is 32.2. The van der Waals surface area contributed by atoms with Crippen molar-refractivity contribution in [2.45, 2.75) is 4.90 Å². The van der Waals surface area contributed by atoms with Gasteiger partial charge < -0.3 is 10.6 Å². The quantitative estimate of drug-likeness (QED) is 0.891. The Bertz CT molecular complexity index is 985. The fraction of sp³-hybridized carbons (Fsp3) is 0.0625. The van der Waals surface area contributed by atoms with Gasteiger partial charge in [-0.3, -0.25) is 4.79 Å². The highest BCUT2D eigenvalue weighted by Crippen LogP contribution is 2.39. The van der Waals surface area contributed by atoms with E-state index in [1.165, 1.54) is 25.2 Å². The summed E-state index contributed by atoms with van der Waals surface area (Å²) in [6.45, 7) is 0. The van der Waals surface area contributed by atoms with Crippen LogP contribution in [0, 0.1) is 11.6 Å². The van der Waals surface area contributed by atoms with E-state index in [9.17, 15) is 22.0 Å². The fourth-order valence-electron chi connectivity index (χ4n) is 2.47. The molecule has 0 saturated carbocycles. The summed E-state index contributed by atoms with van der Waals surface area (Å²) in [6, 6.07) is 8.82. The van der Waals surface area contributed by atoms with Crippen molar-refractivity contribution in [2.75, 3.05) is 12.4 Å². The fourth-order valence-corrected chi connectivity index (χ4v) is 4.19. The van der Waals surface area contributed by atoms with Gasteiger partial charge in [-0.05, 0) is 18.2 Å².